The van der Waals surface area contributed by atoms with E-state index in [-0.39, 0.29) is 12.1 Å². The molecule has 2 aromatic rings. The summed E-state index contributed by atoms with van der Waals surface area (Å²) in [7, 11) is 0. The van der Waals surface area contributed by atoms with Gasteiger partial charge in [0.2, 0.25) is 0 Å². The molecular formula is C21H31N3O2. The fraction of sp³-hybridized carbons (Fsp3) is 0.429. The average Bonchev–Trinajstić information content (AvgIpc) is 2.64. The van der Waals surface area contributed by atoms with Crippen LogP contribution in [0.2, 0.25) is 0 Å². The fourth-order valence-corrected chi connectivity index (χ4v) is 2.77. The van der Waals surface area contributed by atoms with Crippen molar-refractivity contribution in [1.29, 1.82) is 0 Å². The molecule has 0 fully saturated rings. The van der Waals surface area contributed by atoms with E-state index in [9.17, 15) is 5.11 Å². The molecule has 2 aromatic carbocycles. The zero-order valence-corrected chi connectivity index (χ0v) is 15.7. The molecule has 0 bridgehead atoms. The van der Waals surface area contributed by atoms with Crippen LogP contribution in [-0.4, -0.2) is 29.9 Å². The maximum absolute atomic E-state index is 10.2. The van der Waals surface area contributed by atoms with Crippen LogP contribution in [0.1, 0.15) is 31.4 Å². The summed E-state index contributed by atoms with van der Waals surface area (Å²) in [6.45, 7) is 5.25. The first-order chi connectivity index (χ1) is 12.4. The Morgan fingerprint density at radius 1 is 1.12 bits per heavy atom. The molecular weight excluding hydrogens is 326 g/mol. The zero-order valence-electron chi connectivity index (χ0n) is 15.7. The van der Waals surface area contributed by atoms with Crippen LogP contribution >= 0.6 is 0 Å². The number of aliphatic hydroxyl groups excluding tert-OH is 1. The Morgan fingerprint density at radius 2 is 1.85 bits per heavy atom. The normalized spacial score (nSPS) is 12.8. The van der Waals surface area contributed by atoms with Crippen molar-refractivity contribution in [3.8, 4) is 5.75 Å². The molecule has 1 unspecified atom stereocenters. The Hall–Kier alpha value is -2.08. The first-order valence-corrected chi connectivity index (χ1v) is 9.08. The van der Waals surface area contributed by atoms with E-state index in [1.165, 1.54) is 5.56 Å². The molecule has 2 rings (SSSR count). The fourth-order valence-electron chi connectivity index (χ4n) is 2.77. The molecule has 5 nitrogen and oxygen atoms in total. The topological polar surface area (TPSA) is 93.5 Å². The van der Waals surface area contributed by atoms with E-state index < -0.39 is 6.10 Å². The first kappa shape index (κ1) is 20.2. The molecule has 1 atom stereocenters. The quantitative estimate of drug-likeness (QED) is 0.490. The van der Waals surface area contributed by atoms with E-state index in [4.69, 9.17) is 16.2 Å². The molecule has 26 heavy (non-hydrogen) atoms. The van der Waals surface area contributed by atoms with Gasteiger partial charge in [0.1, 0.15) is 18.5 Å². The van der Waals surface area contributed by atoms with Crippen molar-refractivity contribution in [3.05, 3.63) is 59.7 Å². The average molecular weight is 357 g/mol. The van der Waals surface area contributed by atoms with Gasteiger partial charge in [0.05, 0.1) is 0 Å². The van der Waals surface area contributed by atoms with Crippen LogP contribution in [0.3, 0.4) is 0 Å². The minimum atomic E-state index is -0.613. The van der Waals surface area contributed by atoms with Gasteiger partial charge in [-0.2, -0.15) is 0 Å². The van der Waals surface area contributed by atoms with E-state index in [0.29, 0.717) is 24.5 Å². The van der Waals surface area contributed by atoms with E-state index in [1.54, 1.807) is 6.07 Å². The summed E-state index contributed by atoms with van der Waals surface area (Å²) < 4.78 is 5.72. The van der Waals surface area contributed by atoms with Gasteiger partial charge in [0, 0.05) is 29.9 Å². The van der Waals surface area contributed by atoms with Gasteiger partial charge in [-0.05, 0) is 44.4 Å². The van der Waals surface area contributed by atoms with Crippen LogP contribution in [0, 0.1) is 0 Å². The highest BCUT2D eigenvalue weighted by Gasteiger charge is 2.19. The van der Waals surface area contributed by atoms with Gasteiger partial charge in [-0.1, -0.05) is 36.4 Å². The van der Waals surface area contributed by atoms with Crippen LogP contribution in [0.4, 0.5) is 5.69 Å². The van der Waals surface area contributed by atoms with Crippen molar-refractivity contribution >= 4 is 5.69 Å². The Bertz CT molecular complexity index is 674. The Balaban J connectivity index is 1.77. The van der Waals surface area contributed by atoms with Gasteiger partial charge >= 0.3 is 0 Å². The summed E-state index contributed by atoms with van der Waals surface area (Å²) in [5.41, 5.74) is 14.3. The van der Waals surface area contributed by atoms with Crippen LogP contribution < -0.4 is 21.5 Å². The molecule has 142 valence electrons. The maximum Gasteiger partial charge on any atom is 0.125 e. The number of nitrogens with one attached hydrogen (secondary N) is 1. The minimum Gasteiger partial charge on any atom is -0.490 e. The molecule has 0 saturated heterocycles. The third kappa shape index (κ3) is 6.33. The SMILES string of the molecule is CC(C)(CCc1ccccc1)NCC(O)COc1cccc(N)c1CN. The van der Waals surface area contributed by atoms with E-state index in [2.05, 4.69) is 43.4 Å². The van der Waals surface area contributed by atoms with Crippen molar-refractivity contribution in [3.63, 3.8) is 0 Å². The number of benzene rings is 2. The number of hydrogen-bond donors (Lipinski definition) is 4. The summed E-state index contributed by atoms with van der Waals surface area (Å²) in [6, 6.07) is 15.9. The number of ether oxygens (including phenoxy) is 1. The molecule has 0 radical (unpaired) electrons. The number of nitrogens with two attached hydrogens (primary N) is 2. The molecule has 0 aliphatic rings. The highest BCUT2D eigenvalue weighted by atomic mass is 16.5. The largest absolute Gasteiger partial charge is 0.490 e. The Kier molecular flexibility index (Phi) is 7.45. The number of aryl methyl sites for hydroxylation is 1. The molecule has 0 aliphatic heterocycles. The monoisotopic (exact) mass is 357 g/mol. The van der Waals surface area contributed by atoms with E-state index in [1.807, 2.05) is 18.2 Å². The predicted molar refractivity (Wildman–Crippen MR) is 107 cm³/mol. The molecule has 0 aromatic heterocycles. The summed E-state index contributed by atoms with van der Waals surface area (Å²) in [5, 5.41) is 13.7. The van der Waals surface area contributed by atoms with Crippen molar-refractivity contribution < 1.29 is 9.84 Å². The second-order valence-electron chi connectivity index (χ2n) is 7.24. The van der Waals surface area contributed by atoms with Crippen molar-refractivity contribution in [2.24, 2.45) is 5.73 Å². The number of rotatable bonds is 10. The van der Waals surface area contributed by atoms with Gasteiger partial charge in [-0.3, -0.25) is 0 Å². The molecule has 0 heterocycles. The van der Waals surface area contributed by atoms with Crippen molar-refractivity contribution in [2.75, 3.05) is 18.9 Å². The molecule has 0 amide bonds. The lowest BCUT2D eigenvalue weighted by Gasteiger charge is -2.28. The van der Waals surface area contributed by atoms with E-state index >= 15 is 0 Å². The van der Waals surface area contributed by atoms with Gasteiger partial charge in [0.25, 0.3) is 0 Å². The summed E-state index contributed by atoms with van der Waals surface area (Å²) in [6.07, 6.45) is 1.37. The van der Waals surface area contributed by atoms with Crippen molar-refractivity contribution in [1.82, 2.24) is 5.32 Å². The minimum absolute atomic E-state index is 0.0730. The molecule has 0 spiro atoms. The van der Waals surface area contributed by atoms with Gasteiger partial charge < -0.3 is 26.6 Å². The van der Waals surface area contributed by atoms with Gasteiger partial charge in [0.15, 0.2) is 0 Å². The van der Waals surface area contributed by atoms with Crippen molar-refractivity contribution in [2.45, 2.75) is 44.9 Å². The molecule has 6 N–H and O–H groups in total. The number of β-amino-alcohol motifs (C(OH)–C–C–N with tert-alkyl or cyclic N) is 1. The third-order valence-corrected chi connectivity index (χ3v) is 4.50. The summed E-state index contributed by atoms with van der Waals surface area (Å²) in [5.74, 6) is 0.634. The number of nitrogen functional groups attached to an aromatic ring is 1. The third-order valence-electron chi connectivity index (χ3n) is 4.50. The number of aliphatic hydroxyl groups is 1. The molecule has 0 aliphatic carbocycles. The smallest absolute Gasteiger partial charge is 0.125 e. The highest BCUT2D eigenvalue weighted by molar-refractivity contribution is 5.54. The standard InChI is InChI=1S/C21H31N3O2/c1-21(2,12-11-16-7-4-3-5-8-16)24-14-17(25)15-26-20-10-6-9-19(23)18(20)13-22/h3-10,17,24-25H,11-15,22-23H2,1-2H3. The van der Waals surface area contributed by atoms with Crippen LogP contribution in [0.5, 0.6) is 5.75 Å². The first-order valence-electron chi connectivity index (χ1n) is 9.08. The predicted octanol–water partition coefficient (Wildman–Crippen LogP) is 2.47. The lowest BCUT2D eigenvalue weighted by molar-refractivity contribution is 0.0977. The zero-order chi connectivity index (χ0) is 19.0. The second kappa shape index (κ2) is 9.57. The van der Waals surface area contributed by atoms with Crippen LogP contribution in [0.15, 0.2) is 48.5 Å². The highest BCUT2D eigenvalue weighted by Crippen LogP contribution is 2.23. The maximum atomic E-state index is 10.2. The lowest BCUT2D eigenvalue weighted by atomic mass is 9.95. The second-order valence-corrected chi connectivity index (χ2v) is 7.24. The lowest BCUT2D eigenvalue weighted by Crippen LogP contribution is -2.45. The summed E-state index contributed by atoms with van der Waals surface area (Å²) >= 11 is 0. The van der Waals surface area contributed by atoms with Gasteiger partial charge in [-0.25, -0.2) is 0 Å². The Labute approximate surface area is 156 Å². The van der Waals surface area contributed by atoms with E-state index in [0.717, 1.165) is 18.4 Å². The molecule has 0 saturated carbocycles. The van der Waals surface area contributed by atoms with Gasteiger partial charge in [-0.15, -0.1) is 0 Å². The molecule has 5 heteroatoms. The van der Waals surface area contributed by atoms with Crippen LogP contribution in [0.25, 0.3) is 0 Å². The Morgan fingerprint density at radius 3 is 2.54 bits per heavy atom. The number of anilines is 1. The van der Waals surface area contributed by atoms with Crippen LogP contribution in [-0.2, 0) is 13.0 Å². The number of hydrogen-bond acceptors (Lipinski definition) is 5. The summed E-state index contributed by atoms with van der Waals surface area (Å²) in [4.78, 5) is 0.